The van der Waals surface area contributed by atoms with Crippen LogP contribution < -0.4 is 20.3 Å². The number of hydrogen-bond donors (Lipinski definition) is 2. The summed E-state index contributed by atoms with van der Waals surface area (Å²) in [7, 11) is 2.98. The van der Waals surface area contributed by atoms with E-state index >= 15 is 0 Å². The van der Waals surface area contributed by atoms with Gasteiger partial charge in [-0.15, -0.1) is 0 Å². The van der Waals surface area contributed by atoms with Gasteiger partial charge in [0.15, 0.2) is 0 Å². The number of ether oxygens (including phenoxy) is 2. The van der Waals surface area contributed by atoms with Crippen LogP contribution in [0, 0.1) is 0 Å². The lowest BCUT2D eigenvalue weighted by molar-refractivity contribution is -0.117. The second-order valence-corrected chi connectivity index (χ2v) is 6.33. The van der Waals surface area contributed by atoms with E-state index in [1.54, 1.807) is 35.2 Å². The zero-order valence-corrected chi connectivity index (χ0v) is 16.7. The molecule has 0 fully saturated rings. The van der Waals surface area contributed by atoms with Crippen molar-refractivity contribution in [2.45, 2.75) is 6.54 Å². The summed E-state index contributed by atoms with van der Waals surface area (Å²) >= 11 is 0. The largest absolute Gasteiger partial charge is 0.497 e. The molecule has 2 aromatic carbocycles. The van der Waals surface area contributed by atoms with Crippen LogP contribution in [0.5, 0.6) is 11.5 Å². The number of rotatable bonds is 7. The van der Waals surface area contributed by atoms with Crippen molar-refractivity contribution in [2.24, 2.45) is 0 Å². The van der Waals surface area contributed by atoms with E-state index in [1.165, 1.54) is 20.3 Å². The van der Waals surface area contributed by atoms with Gasteiger partial charge in [0.1, 0.15) is 11.5 Å². The van der Waals surface area contributed by atoms with Crippen LogP contribution in [0.1, 0.15) is 21.5 Å². The predicted molar refractivity (Wildman–Crippen MR) is 112 cm³/mol. The molecule has 3 aromatic rings. The van der Waals surface area contributed by atoms with Gasteiger partial charge in [0.05, 0.1) is 27.0 Å². The van der Waals surface area contributed by atoms with Crippen molar-refractivity contribution in [1.82, 2.24) is 20.6 Å². The lowest BCUT2D eigenvalue weighted by Gasteiger charge is -2.09. The summed E-state index contributed by atoms with van der Waals surface area (Å²) in [6.07, 6.45) is 6.42. The number of carbonyl (C=O) groups is 2. The van der Waals surface area contributed by atoms with Crippen LogP contribution >= 0.6 is 0 Å². The fourth-order valence-electron chi connectivity index (χ4n) is 2.67. The molecule has 0 unspecified atom stereocenters. The van der Waals surface area contributed by atoms with Gasteiger partial charge < -0.3 is 9.47 Å². The molecule has 0 aliphatic rings. The van der Waals surface area contributed by atoms with Crippen molar-refractivity contribution in [1.29, 1.82) is 0 Å². The monoisotopic (exact) mass is 406 g/mol. The van der Waals surface area contributed by atoms with Crippen LogP contribution in [0.15, 0.2) is 67.0 Å². The second-order valence-electron chi connectivity index (χ2n) is 6.33. The first kappa shape index (κ1) is 20.7. The van der Waals surface area contributed by atoms with Gasteiger partial charge in [-0.1, -0.05) is 30.3 Å². The number of carbonyl (C=O) groups excluding carboxylic acids is 2. The molecule has 0 radical (unpaired) electrons. The Balaban J connectivity index is 1.53. The number of methoxy groups -OCH3 is 2. The summed E-state index contributed by atoms with van der Waals surface area (Å²) in [4.78, 5) is 24.3. The van der Waals surface area contributed by atoms with Crippen molar-refractivity contribution in [3.05, 3.63) is 83.7 Å². The first-order chi connectivity index (χ1) is 14.6. The van der Waals surface area contributed by atoms with Gasteiger partial charge in [-0.2, -0.15) is 5.10 Å². The van der Waals surface area contributed by atoms with Crippen LogP contribution in [0.4, 0.5) is 0 Å². The van der Waals surface area contributed by atoms with Crippen LogP contribution in [-0.4, -0.2) is 35.8 Å². The molecule has 8 heteroatoms. The first-order valence-corrected chi connectivity index (χ1v) is 9.15. The van der Waals surface area contributed by atoms with Crippen LogP contribution in [0.25, 0.3) is 6.08 Å². The Hall–Kier alpha value is -4.07. The minimum Gasteiger partial charge on any atom is -0.497 e. The van der Waals surface area contributed by atoms with Crippen LogP contribution in [0.3, 0.4) is 0 Å². The van der Waals surface area contributed by atoms with E-state index in [9.17, 15) is 9.59 Å². The highest BCUT2D eigenvalue weighted by molar-refractivity contribution is 5.98. The summed E-state index contributed by atoms with van der Waals surface area (Å²) < 4.78 is 12.0. The third kappa shape index (κ3) is 5.71. The number of nitrogens with zero attached hydrogens (tertiary/aromatic N) is 2. The summed E-state index contributed by atoms with van der Waals surface area (Å²) in [6, 6.07) is 14.7. The number of nitrogens with one attached hydrogen (secondary N) is 2. The van der Waals surface area contributed by atoms with E-state index in [4.69, 9.17) is 9.47 Å². The van der Waals surface area contributed by atoms with Crippen LogP contribution in [-0.2, 0) is 11.3 Å². The Morgan fingerprint density at radius 2 is 1.73 bits per heavy atom. The van der Waals surface area contributed by atoms with Crippen molar-refractivity contribution in [2.75, 3.05) is 14.2 Å². The maximum Gasteiger partial charge on any atom is 0.269 e. The van der Waals surface area contributed by atoms with E-state index in [2.05, 4.69) is 16.0 Å². The normalized spacial score (nSPS) is 10.6. The van der Waals surface area contributed by atoms with Crippen LogP contribution in [0.2, 0.25) is 0 Å². The lowest BCUT2D eigenvalue weighted by atomic mass is 10.2. The first-order valence-electron chi connectivity index (χ1n) is 9.15. The van der Waals surface area contributed by atoms with E-state index in [0.717, 1.165) is 11.1 Å². The summed E-state index contributed by atoms with van der Waals surface area (Å²) in [5.74, 6) is -0.0323. The molecule has 0 bridgehead atoms. The average molecular weight is 406 g/mol. The van der Waals surface area contributed by atoms with Crippen molar-refractivity contribution in [3.8, 4) is 11.5 Å². The van der Waals surface area contributed by atoms with Gasteiger partial charge in [-0.05, 0) is 23.8 Å². The van der Waals surface area contributed by atoms with Gasteiger partial charge >= 0.3 is 0 Å². The summed E-state index contributed by atoms with van der Waals surface area (Å²) in [5.41, 5.74) is 6.88. The molecule has 0 aliphatic heterocycles. The molecule has 0 saturated carbocycles. The van der Waals surface area contributed by atoms with Gasteiger partial charge in [-0.25, -0.2) is 0 Å². The maximum absolute atomic E-state index is 12.3. The highest BCUT2D eigenvalue weighted by Crippen LogP contribution is 2.22. The molecule has 1 aromatic heterocycles. The Morgan fingerprint density at radius 3 is 2.40 bits per heavy atom. The highest BCUT2D eigenvalue weighted by atomic mass is 16.5. The molecule has 154 valence electrons. The average Bonchev–Trinajstić information content (AvgIpc) is 3.23. The summed E-state index contributed by atoms with van der Waals surface area (Å²) in [5, 5.41) is 4.28. The quantitative estimate of drug-likeness (QED) is 0.464. The van der Waals surface area contributed by atoms with E-state index in [0.29, 0.717) is 18.0 Å². The molecule has 30 heavy (non-hydrogen) atoms. The molecular formula is C22H22N4O4. The molecule has 3 rings (SSSR count). The predicted octanol–water partition coefficient (Wildman–Crippen LogP) is 2.42. The number of aromatic nitrogens is 2. The Morgan fingerprint density at radius 1 is 1.03 bits per heavy atom. The Bertz CT molecular complexity index is 1020. The molecule has 2 amide bonds. The molecule has 0 saturated heterocycles. The third-order valence-corrected chi connectivity index (χ3v) is 4.18. The van der Waals surface area contributed by atoms with E-state index in [-0.39, 0.29) is 5.56 Å². The number of benzene rings is 2. The standard InChI is InChI=1S/C22H22N4O4/c1-29-19-10-18(11-20(12-19)30-2)22(28)25-24-21(27)9-8-17-13-23-26(15-17)14-16-6-4-3-5-7-16/h3-13,15H,14H2,1-2H3,(H,24,27)(H,25,28)/b9-8+. The highest BCUT2D eigenvalue weighted by Gasteiger charge is 2.10. The molecular weight excluding hydrogens is 384 g/mol. The van der Waals surface area contributed by atoms with Gasteiger partial charge in [0, 0.05) is 29.5 Å². The van der Waals surface area contributed by atoms with E-state index < -0.39 is 11.8 Å². The topological polar surface area (TPSA) is 94.5 Å². The van der Waals surface area contributed by atoms with E-state index in [1.807, 2.05) is 36.5 Å². The fourth-order valence-corrected chi connectivity index (χ4v) is 2.67. The molecule has 0 atom stereocenters. The Kier molecular flexibility index (Phi) is 6.83. The minimum absolute atomic E-state index is 0.290. The third-order valence-electron chi connectivity index (χ3n) is 4.18. The van der Waals surface area contributed by atoms with Gasteiger partial charge in [0.2, 0.25) is 0 Å². The molecule has 1 heterocycles. The Labute approximate surface area is 174 Å². The smallest absolute Gasteiger partial charge is 0.269 e. The zero-order chi connectivity index (χ0) is 21.3. The summed E-state index contributed by atoms with van der Waals surface area (Å²) in [6.45, 7) is 0.640. The van der Waals surface area contributed by atoms with Crippen molar-refractivity contribution < 1.29 is 19.1 Å². The zero-order valence-electron chi connectivity index (χ0n) is 16.7. The molecule has 8 nitrogen and oxygen atoms in total. The lowest BCUT2D eigenvalue weighted by Crippen LogP contribution is -2.40. The SMILES string of the molecule is COc1cc(OC)cc(C(=O)NNC(=O)/C=C/c2cnn(Cc3ccccc3)c2)c1. The fraction of sp³-hybridized carbons (Fsp3) is 0.136. The van der Waals surface area contributed by atoms with Gasteiger partial charge in [0.25, 0.3) is 11.8 Å². The molecule has 0 aliphatic carbocycles. The molecule has 0 spiro atoms. The van der Waals surface area contributed by atoms with Crippen molar-refractivity contribution >= 4 is 17.9 Å². The van der Waals surface area contributed by atoms with Crippen molar-refractivity contribution in [3.63, 3.8) is 0 Å². The molecule has 2 N–H and O–H groups in total. The van der Waals surface area contributed by atoms with Gasteiger partial charge in [-0.3, -0.25) is 25.1 Å². The minimum atomic E-state index is -0.496. The number of hydrogen-bond acceptors (Lipinski definition) is 5. The second kappa shape index (κ2) is 9.92. The maximum atomic E-state index is 12.3. The number of amides is 2. The number of hydrazine groups is 1.